The summed E-state index contributed by atoms with van der Waals surface area (Å²) in [6, 6.07) is 1.40. The van der Waals surface area contributed by atoms with Crippen molar-refractivity contribution < 1.29 is 0 Å². The summed E-state index contributed by atoms with van der Waals surface area (Å²) in [5.41, 5.74) is 5.54. The number of rotatable bonds is 1. The largest absolute Gasteiger partial charge is 0.329 e. The van der Waals surface area contributed by atoms with Gasteiger partial charge in [-0.3, -0.25) is 4.90 Å². The maximum atomic E-state index is 5.54. The van der Waals surface area contributed by atoms with E-state index in [2.05, 4.69) is 18.9 Å². The average molecular weight is 128 g/mol. The van der Waals surface area contributed by atoms with Crippen molar-refractivity contribution in [3.05, 3.63) is 0 Å². The van der Waals surface area contributed by atoms with E-state index in [0.29, 0.717) is 6.04 Å². The number of nitrogens with two attached hydrogens (primary N) is 1. The van der Waals surface area contributed by atoms with Gasteiger partial charge in [0, 0.05) is 18.6 Å². The van der Waals surface area contributed by atoms with Gasteiger partial charge >= 0.3 is 0 Å². The average Bonchev–Trinajstić information content (AvgIpc) is 2.15. The molecule has 0 aromatic heterocycles. The Kier molecular flexibility index (Phi) is 2.09. The van der Waals surface area contributed by atoms with Crippen LogP contribution in [0.2, 0.25) is 0 Å². The summed E-state index contributed by atoms with van der Waals surface area (Å²) in [7, 11) is 2.16. The standard InChI is InChI=1S/C7H16N2/c1-6-3-4-7(5-8)9(6)2/h6-7H,3-5,8H2,1-2H3/t6-,7+/m1/s1. The third-order valence-electron chi connectivity index (χ3n) is 2.46. The zero-order chi connectivity index (χ0) is 6.85. The molecule has 0 amide bonds. The second-order valence-electron chi connectivity index (χ2n) is 2.98. The van der Waals surface area contributed by atoms with Gasteiger partial charge in [0.15, 0.2) is 0 Å². The molecule has 1 aliphatic rings. The third-order valence-corrected chi connectivity index (χ3v) is 2.46. The highest BCUT2D eigenvalue weighted by Gasteiger charge is 2.25. The molecular formula is C7H16N2. The smallest absolute Gasteiger partial charge is 0.0218 e. The third kappa shape index (κ3) is 1.25. The van der Waals surface area contributed by atoms with Gasteiger partial charge in [0.25, 0.3) is 0 Å². The van der Waals surface area contributed by atoms with Crippen molar-refractivity contribution in [3.8, 4) is 0 Å². The predicted molar refractivity (Wildman–Crippen MR) is 39.3 cm³/mol. The van der Waals surface area contributed by atoms with E-state index in [9.17, 15) is 0 Å². The van der Waals surface area contributed by atoms with E-state index in [0.717, 1.165) is 12.6 Å². The normalized spacial score (nSPS) is 37.7. The summed E-state index contributed by atoms with van der Waals surface area (Å²) in [5.74, 6) is 0. The van der Waals surface area contributed by atoms with Gasteiger partial charge in [0.2, 0.25) is 0 Å². The lowest BCUT2D eigenvalue weighted by atomic mass is 10.2. The van der Waals surface area contributed by atoms with Crippen molar-refractivity contribution >= 4 is 0 Å². The first-order chi connectivity index (χ1) is 4.25. The quantitative estimate of drug-likeness (QED) is 0.555. The summed E-state index contributed by atoms with van der Waals surface area (Å²) < 4.78 is 0. The zero-order valence-electron chi connectivity index (χ0n) is 6.30. The van der Waals surface area contributed by atoms with E-state index in [-0.39, 0.29) is 0 Å². The molecule has 0 aromatic carbocycles. The van der Waals surface area contributed by atoms with Crippen LogP contribution in [0.5, 0.6) is 0 Å². The van der Waals surface area contributed by atoms with Crippen LogP contribution in [0.4, 0.5) is 0 Å². The molecule has 1 heterocycles. The van der Waals surface area contributed by atoms with Crippen LogP contribution in [0, 0.1) is 0 Å². The highest BCUT2D eigenvalue weighted by atomic mass is 15.2. The molecule has 1 aliphatic heterocycles. The molecule has 0 unspecified atom stereocenters. The molecule has 0 aromatic rings. The monoisotopic (exact) mass is 128 g/mol. The molecule has 1 rings (SSSR count). The van der Waals surface area contributed by atoms with Gasteiger partial charge in [-0.05, 0) is 26.8 Å². The van der Waals surface area contributed by atoms with E-state index >= 15 is 0 Å². The summed E-state index contributed by atoms with van der Waals surface area (Å²) in [6.07, 6.45) is 2.60. The topological polar surface area (TPSA) is 29.3 Å². The summed E-state index contributed by atoms with van der Waals surface area (Å²) in [4.78, 5) is 2.38. The van der Waals surface area contributed by atoms with Crippen molar-refractivity contribution in [2.75, 3.05) is 13.6 Å². The minimum absolute atomic E-state index is 0.653. The highest BCUT2D eigenvalue weighted by Crippen LogP contribution is 2.20. The van der Waals surface area contributed by atoms with Crippen LogP contribution < -0.4 is 5.73 Å². The van der Waals surface area contributed by atoms with Crippen molar-refractivity contribution in [2.45, 2.75) is 31.8 Å². The van der Waals surface area contributed by atoms with Crippen molar-refractivity contribution in [1.29, 1.82) is 0 Å². The summed E-state index contributed by atoms with van der Waals surface area (Å²) in [6.45, 7) is 3.08. The fourth-order valence-corrected chi connectivity index (χ4v) is 1.48. The fraction of sp³-hybridized carbons (Fsp3) is 1.00. The Morgan fingerprint density at radius 1 is 1.56 bits per heavy atom. The number of nitrogens with zero attached hydrogens (tertiary/aromatic N) is 1. The minimum atomic E-state index is 0.653. The first-order valence-electron chi connectivity index (χ1n) is 3.67. The Bertz CT molecular complexity index is 92.9. The molecule has 0 radical (unpaired) electrons. The Balaban J connectivity index is 2.41. The maximum absolute atomic E-state index is 5.54. The number of hydrogen-bond acceptors (Lipinski definition) is 2. The summed E-state index contributed by atoms with van der Waals surface area (Å²) >= 11 is 0. The molecule has 2 nitrogen and oxygen atoms in total. The molecular weight excluding hydrogens is 112 g/mol. The zero-order valence-corrected chi connectivity index (χ0v) is 6.30. The molecule has 9 heavy (non-hydrogen) atoms. The Morgan fingerprint density at radius 3 is 2.44 bits per heavy atom. The van der Waals surface area contributed by atoms with Gasteiger partial charge in [-0.15, -0.1) is 0 Å². The predicted octanol–water partition coefficient (Wildman–Crippen LogP) is 0.428. The molecule has 1 saturated heterocycles. The first kappa shape index (κ1) is 7.03. The van der Waals surface area contributed by atoms with E-state index < -0.39 is 0 Å². The minimum Gasteiger partial charge on any atom is -0.329 e. The molecule has 2 heteroatoms. The fourth-order valence-electron chi connectivity index (χ4n) is 1.48. The van der Waals surface area contributed by atoms with Gasteiger partial charge in [0.1, 0.15) is 0 Å². The SMILES string of the molecule is C[C@@H]1CC[C@@H](CN)N1C. The Labute approximate surface area is 57.0 Å². The number of likely N-dealkylation sites (N-methyl/N-ethyl adjacent to an activating group) is 1. The molecule has 2 N–H and O–H groups in total. The van der Waals surface area contributed by atoms with Crippen LogP contribution >= 0.6 is 0 Å². The van der Waals surface area contributed by atoms with Crippen LogP contribution in [-0.2, 0) is 0 Å². The lowest BCUT2D eigenvalue weighted by Crippen LogP contribution is -2.35. The van der Waals surface area contributed by atoms with E-state index in [1.165, 1.54) is 12.8 Å². The van der Waals surface area contributed by atoms with E-state index in [1.807, 2.05) is 0 Å². The van der Waals surface area contributed by atoms with Gasteiger partial charge in [-0.1, -0.05) is 0 Å². The highest BCUT2D eigenvalue weighted by molar-refractivity contribution is 4.82. The lowest BCUT2D eigenvalue weighted by Gasteiger charge is -2.21. The molecule has 0 bridgehead atoms. The van der Waals surface area contributed by atoms with Gasteiger partial charge < -0.3 is 5.73 Å². The molecule has 2 atom stereocenters. The molecule has 54 valence electrons. The van der Waals surface area contributed by atoms with Crippen molar-refractivity contribution in [1.82, 2.24) is 4.90 Å². The second kappa shape index (κ2) is 2.67. The second-order valence-corrected chi connectivity index (χ2v) is 2.98. The first-order valence-corrected chi connectivity index (χ1v) is 3.67. The van der Waals surface area contributed by atoms with E-state index in [4.69, 9.17) is 5.73 Å². The Hall–Kier alpha value is -0.0800. The molecule has 0 aliphatic carbocycles. The van der Waals surface area contributed by atoms with Crippen molar-refractivity contribution in [2.24, 2.45) is 5.73 Å². The van der Waals surface area contributed by atoms with Crippen LogP contribution in [0.25, 0.3) is 0 Å². The van der Waals surface area contributed by atoms with Gasteiger partial charge in [-0.25, -0.2) is 0 Å². The van der Waals surface area contributed by atoms with Crippen molar-refractivity contribution in [3.63, 3.8) is 0 Å². The maximum Gasteiger partial charge on any atom is 0.0218 e. The number of hydrogen-bond donors (Lipinski definition) is 1. The van der Waals surface area contributed by atoms with Gasteiger partial charge in [-0.2, -0.15) is 0 Å². The van der Waals surface area contributed by atoms with Crippen LogP contribution in [0.15, 0.2) is 0 Å². The van der Waals surface area contributed by atoms with Crippen LogP contribution in [0.1, 0.15) is 19.8 Å². The van der Waals surface area contributed by atoms with Gasteiger partial charge in [0.05, 0.1) is 0 Å². The number of likely N-dealkylation sites (tertiary alicyclic amines) is 1. The Morgan fingerprint density at radius 2 is 2.22 bits per heavy atom. The molecule has 1 fully saturated rings. The summed E-state index contributed by atoms with van der Waals surface area (Å²) in [5, 5.41) is 0. The molecule has 0 spiro atoms. The molecule has 0 saturated carbocycles. The van der Waals surface area contributed by atoms with Crippen LogP contribution in [-0.4, -0.2) is 30.6 Å². The lowest BCUT2D eigenvalue weighted by molar-refractivity contribution is 0.258. The van der Waals surface area contributed by atoms with Crippen LogP contribution in [0.3, 0.4) is 0 Å². The van der Waals surface area contributed by atoms with E-state index in [1.54, 1.807) is 0 Å².